The van der Waals surface area contributed by atoms with Crippen LogP contribution in [-0.2, 0) is 11.3 Å². The Hall–Kier alpha value is -1.88. The van der Waals surface area contributed by atoms with Gasteiger partial charge in [0.05, 0.1) is 5.69 Å². The second kappa shape index (κ2) is 5.40. The Morgan fingerprint density at radius 3 is 2.42 bits per heavy atom. The predicted octanol–water partition coefficient (Wildman–Crippen LogP) is 1.71. The minimum atomic E-state index is -0.244. The van der Waals surface area contributed by atoms with E-state index in [1.54, 1.807) is 17.0 Å². The molecular weight excluding hydrogens is 242 g/mol. The van der Waals surface area contributed by atoms with Crippen LogP contribution in [0.5, 0.6) is 0 Å². The van der Waals surface area contributed by atoms with Crippen molar-refractivity contribution in [2.45, 2.75) is 32.9 Å². The minimum Gasteiger partial charge on any atom is -0.326 e. The van der Waals surface area contributed by atoms with E-state index in [1.165, 1.54) is 4.90 Å². The standard InChI is InChI=1S/C14H19N3O2/c1-3-16-10(2)8-13(18)17(14(16)19)12-6-4-11(9-15)5-7-12/h4-7,10H,3,8-9,15H2,1-2H3. The third kappa shape index (κ3) is 2.46. The Morgan fingerprint density at radius 1 is 1.26 bits per heavy atom. The number of hydrogen-bond acceptors (Lipinski definition) is 3. The van der Waals surface area contributed by atoms with Gasteiger partial charge in [-0.1, -0.05) is 12.1 Å². The number of rotatable bonds is 3. The summed E-state index contributed by atoms with van der Waals surface area (Å²) in [6, 6.07) is 6.93. The maximum atomic E-state index is 12.3. The summed E-state index contributed by atoms with van der Waals surface area (Å²) in [7, 11) is 0. The highest BCUT2D eigenvalue weighted by molar-refractivity contribution is 6.16. The lowest BCUT2D eigenvalue weighted by Gasteiger charge is -2.38. The molecule has 1 fully saturated rings. The van der Waals surface area contributed by atoms with Crippen LogP contribution in [0, 0.1) is 0 Å². The zero-order chi connectivity index (χ0) is 14.0. The summed E-state index contributed by atoms with van der Waals surface area (Å²) in [5, 5.41) is 0. The van der Waals surface area contributed by atoms with Gasteiger partial charge in [-0.3, -0.25) is 4.79 Å². The summed E-state index contributed by atoms with van der Waals surface area (Å²) >= 11 is 0. The molecule has 5 heteroatoms. The second-order valence-electron chi connectivity index (χ2n) is 4.72. The van der Waals surface area contributed by atoms with E-state index in [1.807, 2.05) is 26.0 Å². The monoisotopic (exact) mass is 261 g/mol. The van der Waals surface area contributed by atoms with Crippen molar-refractivity contribution < 1.29 is 9.59 Å². The lowest BCUT2D eigenvalue weighted by atomic mass is 10.1. The molecule has 5 nitrogen and oxygen atoms in total. The van der Waals surface area contributed by atoms with Gasteiger partial charge in [0.1, 0.15) is 0 Å². The van der Waals surface area contributed by atoms with E-state index in [0.717, 1.165) is 5.56 Å². The van der Waals surface area contributed by atoms with Gasteiger partial charge in [-0.25, -0.2) is 9.69 Å². The number of imide groups is 1. The molecule has 19 heavy (non-hydrogen) atoms. The summed E-state index contributed by atoms with van der Waals surface area (Å²) < 4.78 is 0. The number of carbonyl (C=O) groups is 2. The Kier molecular flexibility index (Phi) is 3.85. The van der Waals surface area contributed by atoms with Gasteiger partial charge >= 0.3 is 6.03 Å². The molecule has 2 rings (SSSR count). The smallest absolute Gasteiger partial charge is 0.326 e. The first-order valence-electron chi connectivity index (χ1n) is 6.51. The number of benzene rings is 1. The van der Waals surface area contributed by atoms with Crippen LogP contribution in [0.25, 0.3) is 0 Å². The molecule has 1 heterocycles. The normalized spacial score (nSPS) is 20.1. The van der Waals surface area contributed by atoms with Crippen LogP contribution in [0.4, 0.5) is 10.5 Å². The molecule has 0 spiro atoms. The van der Waals surface area contributed by atoms with Crippen LogP contribution in [-0.4, -0.2) is 29.4 Å². The van der Waals surface area contributed by atoms with E-state index in [0.29, 0.717) is 25.2 Å². The Labute approximate surface area is 113 Å². The summed E-state index contributed by atoms with van der Waals surface area (Å²) in [5.74, 6) is -0.150. The van der Waals surface area contributed by atoms with Crippen LogP contribution >= 0.6 is 0 Å². The van der Waals surface area contributed by atoms with E-state index in [4.69, 9.17) is 5.73 Å². The fraction of sp³-hybridized carbons (Fsp3) is 0.429. The van der Waals surface area contributed by atoms with E-state index in [9.17, 15) is 9.59 Å². The van der Waals surface area contributed by atoms with E-state index >= 15 is 0 Å². The van der Waals surface area contributed by atoms with Gasteiger partial charge in [0, 0.05) is 25.6 Å². The largest absolute Gasteiger partial charge is 0.331 e. The lowest BCUT2D eigenvalue weighted by molar-refractivity contribution is -0.120. The molecule has 1 atom stereocenters. The minimum absolute atomic E-state index is 0.0374. The van der Waals surface area contributed by atoms with E-state index < -0.39 is 0 Å². The average Bonchev–Trinajstić information content (AvgIpc) is 2.39. The van der Waals surface area contributed by atoms with Gasteiger partial charge in [0.2, 0.25) is 5.91 Å². The zero-order valence-corrected chi connectivity index (χ0v) is 11.3. The number of nitrogens with two attached hydrogens (primary N) is 1. The highest BCUT2D eigenvalue weighted by Gasteiger charge is 2.36. The molecule has 1 unspecified atom stereocenters. The Morgan fingerprint density at radius 2 is 1.89 bits per heavy atom. The van der Waals surface area contributed by atoms with Crippen molar-refractivity contribution in [2.24, 2.45) is 5.73 Å². The Balaban J connectivity index is 2.30. The second-order valence-corrected chi connectivity index (χ2v) is 4.72. The number of hydrogen-bond donors (Lipinski definition) is 1. The van der Waals surface area contributed by atoms with Crippen LogP contribution < -0.4 is 10.6 Å². The fourth-order valence-electron chi connectivity index (χ4n) is 2.36. The molecule has 1 saturated heterocycles. The first-order chi connectivity index (χ1) is 9.08. The summed E-state index contributed by atoms with van der Waals surface area (Å²) in [4.78, 5) is 27.4. The van der Waals surface area contributed by atoms with Gasteiger partial charge in [-0.05, 0) is 31.5 Å². The maximum absolute atomic E-state index is 12.3. The van der Waals surface area contributed by atoms with Crippen LogP contribution in [0.3, 0.4) is 0 Å². The molecule has 0 saturated carbocycles. The van der Waals surface area contributed by atoms with Crippen molar-refractivity contribution in [2.75, 3.05) is 11.4 Å². The molecule has 1 aliphatic heterocycles. The van der Waals surface area contributed by atoms with Gasteiger partial charge in [0.25, 0.3) is 0 Å². The number of anilines is 1. The van der Waals surface area contributed by atoms with Gasteiger partial charge < -0.3 is 10.6 Å². The molecular formula is C14H19N3O2. The first kappa shape index (κ1) is 13.5. The van der Waals surface area contributed by atoms with Crippen molar-refractivity contribution in [3.8, 4) is 0 Å². The topological polar surface area (TPSA) is 66.6 Å². The molecule has 0 radical (unpaired) electrons. The van der Waals surface area contributed by atoms with Gasteiger partial charge in [-0.2, -0.15) is 0 Å². The number of nitrogens with zero attached hydrogens (tertiary/aromatic N) is 2. The molecule has 1 aromatic carbocycles. The van der Waals surface area contributed by atoms with E-state index in [-0.39, 0.29) is 18.0 Å². The third-order valence-electron chi connectivity index (χ3n) is 3.46. The maximum Gasteiger partial charge on any atom is 0.331 e. The fourth-order valence-corrected chi connectivity index (χ4v) is 2.36. The van der Waals surface area contributed by atoms with Crippen LogP contribution in [0.15, 0.2) is 24.3 Å². The molecule has 2 N–H and O–H groups in total. The quantitative estimate of drug-likeness (QED) is 0.900. The molecule has 1 aliphatic rings. The molecule has 0 aliphatic carbocycles. The van der Waals surface area contributed by atoms with Crippen molar-refractivity contribution >= 4 is 17.6 Å². The van der Waals surface area contributed by atoms with Crippen molar-refractivity contribution in [3.05, 3.63) is 29.8 Å². The number of urea groups is 1. The predicted molar refractivity (Wildman–Crippen MR) is 73.7 cm³/mol. The van der Waals surface area contributed by atoms with Crippen LogP contribution in [0.1, 0.15) is 25.8 Å². The highest BCUT2D eigenvalue weighted by Crippen LogP contribution is 2.24. The van der Waals surface area contributed by atoms with Crippen molar-refractivity contribution in [1.29, 1.82) is 0 Å². The molecule has 102 valence electrons. The highest BCUT2D eigenvalue weighted by atomic mass is 16.2. The van der Waals surface area contributed by atoms with Crippen molar-refractivity contribution in [1.82, 2.24) is 4.90 Å². The van der Waals surface area contributed by atoms with Crippen LogP contribution in [0.2, 0.25) is 0 Å². The molecule has 1 aromatic rings. The van der Waals surface area contributed by atoms with Gasteiger partial charge in [-0.15, -0.1) is 0 Å². The molecule has 3 amide bonds. The molecule has 0 aromatic heterocycles. The summed E-state index contributed by atoms with van der Waals surface area (Å²) in [6.07, 6.45) is 0.359. The molecule has 0 bridgehead atoms. The Bertz CT molecular complexity index is 484. The SMILES string of the molecule is CCN1C(=O)N(c2ccc(CN)cc2)C(=O)CC1C. The number of amides is 3. The first-order valence-corrected chi connectivity index (χ1v) is 6.51. The average molecular weight is 261 g/mol. The summed E-state index contributed by atoms with van der Waals surface area (Å²) in [6.45, 7) is 4.86. The van der Waals surface area contributed by atoms with Crippen molar-refractivity contribution in [3.63, 3.8) is 0 Å². The summed E-state index contributed by atoms with van der Waals surface area (Å²) in [5.41, 5.74) is 7.12. The van der Waals surface area contributed by atoms with Gasteiger partial charge in [0.15, 0.2) is 0 Å². The van der Waals surface area contributed by atoms with E-state index in [2.05, 4.69) is 0 Å². The lowest BCUT2D eigenvalue weighted by Crippen LogP contribution is -2.56. The number of carbonyl (C=O) groups excluding carboxylic acids is 2. The zero-order valence-electron chi connectivity index (χ0n) is 11.3. The third-order valence-corrected chi connectivity index (χ3v) is 3.46.